The van der Waals surface area contributed by atoms with E-state index in [1.165, 1.54) is 0 Å². The van der Waals surface area contributed by atoms with E-state index in [9.17, 15) is 9.90 Å². The van der Waals surface area contributed by atoms with Gasteiger partial charge in [0, 0.05) is 17.3 Å². The first-order valence-electron chi connectivity index (χ1n) is 7.91. The smallest absolute Gasteiger partial charge is 0.241 e. The number of benzene rings is 1. The molecule has 4 nitrogen and oxygen atoms in total. The molecule has 1 unspecified atom stereocenters. The van der Waals surface area contributed by atoms with Crippen molar-refractivity contribution in [2.75, 3.05) is 25.0 Å². The Hall–Kier alpha value is -1.10. The van der Waals surface area contributed by atoms with Gasteiger partial charge in [-0.2, -0.15) is 0 Å². The number of carbonyl (C=O) groups is 1. The molecule has 1 atom stereocenters. The van der Waals surface area contributed by atoms with E-state index in [4.69, 9.17) is 11.6 Å². The molecule has 1 heterocycles. The van der Waals surface area contributed by atoms with Crippen LogP contribution in [0.4, 0.5) is 5.69 Å². The summed E-state index contributed by atoms with van der Waals surface area (Å²) < 4.78 is 0. The molecule has 1 aliphatic heterocycles. The van der Waals surface area contributed by atoms with Gasteiger partial charge in [0.2, 0.25) is 5.91 Å². The maximum absolute atomic E-state index is 12.4. The van der Waals surface area contributed by atoms with Gasteiger partial charge in [-0.1, -0.05) is 18.5 Å². The molecule has 2 rings (SSSR count). The Morgan fingerprint density at radius 2 is 1.95 bits per heavy atom. The van der Waals surface area contributed by atoms with Gasteiger partial charge in [-0.15, -0.1) is 0 Å². The van der Waals surface area contributed by atoms with Crippen LogP contribution in [-0.4, -0.2) is 41.7 Å². The van der Waals surface area contributed by atoms with Gasteiger partial charge in [-0.25, -0.2) is 0 Å². The molecule has 1 aliphatic rings. The largest absolute Gasteiger partial charge is 0.396 e. The highest BCUT2D eigenvalue weighted by atomic mass is 35.5. The van der Waals surface area contributed by atoms with Crippen molar-refractivity contribution in [1.29, 1.82) is 0 Å². The van der Waals surface area contributed by atoms with Crippen molar-refractivity contribution >= 4 is 23.2 Å². The average molecular weight is 325 g/mol. The van der Waals surface area contributed by atoms with E-state index in [1.807, 2.05) is 6.92 Å². The SMILES string of the molecule is CCC1(CO)CCN(C(C)C(=O)Nc2ccc(Cl)cc2)CC1. The number of carbonyl (C=O) groups excluding carboxylic acids is 1. The van der Waals surface area contributed by atoms with E-state index >= 15 is 0 Å². The summed E-state index contributed by atoms with van der Waals surface area (Å²) in [5.74, 6) is -0.00433. The molecule has 22 heavy (non-hydrogen) atoms. The molecule has 5 heteroatoms. The number of likely N-dealkylation sites (tertiary alicyclic amines) is 1. The lowest BCUT2D eigenvalue weighted by Crippen LogP contribution is -2.49. The zero-order chi connectivity index (χ0) is 16.2. The molecule has 1 aromatic carbocycles. The normalized spacial score (nSPS) is 19.6. The number of hydrogen-bond acceptors (Lipinski definition) is 3. The van der Waals surface area contributed by atoms with Crippen LogP contribution in [0.15, 0.2) is 24.3 Å². The van der Waals surface area contributed by atoms with Crippen molar-refractivity contribution in [3.05, 3.63) is 29.3 Å². The molecule has 0 aliphatic carbocycles. The number of amides is 1. The fraction of sp³-hybridized carbons (Fsp3) is 0.588. The van der Waals surface area contributed by atoms with Crippen molar-refractivity contribution in [1.82, 2.24) is 4.90 Å². The van der Waals surface area contributed by atoms with Crippen molar-refractivity contribution in [3.63, 3.8) is 0 Å². The first-order valence-corrected chi connectivity index (χ1v) is 8.29. The molecule has 0 spiro atoms. The second-order valence-corrected chi connectivity index (χ2v) is 6.66. The van der Waals surface area contributed by atoms with Gasteiger partial charge < -0.3 is 10.4 Å². The van der Waals surface area contributed by atoms with Crippen LogP contribution in [0.2, 0.25) is 5.02 Å². The van der Waals surface area contributed by atoms with Gasteiger partial charge in [0.1, 0.15) is 0 Å². The van der Waals surface area contributed by atoms with E-state index in [-0.39, 0.29) is 24.0 Å². The quantitative estimate of drug-likeness (QED) is 0.874. The third-order valence-corrected chi connectivity index (χ3v) is 5.24. The summed E-state index contributed by atoms with van der Waals surface area (Å²) in [4.78, 5) is 14.6. The number of nitrogens with zero attached hydrogens (tertiary/aromatic N) is 1. The second-order valence-electron chi connectivity index (χ2n) is 6.22. The van der Waals surface area contributed by atoms with Crippen LogP contribution in [0.1, 0.15) is 33.1 Å². The predicted molar refractivity (Wildman–Crippen MR) is 90.2 cm³/mol. The minimum absolute atomic E-state index is 0.00433. The van der Waals surface area contributed by atoms with Gasteiger partial charge >= 0.3 is 0 Å². The van der Waals surface area contributed by atoms with Gasteiger partial charge in [0.25, 0.3) is 0 Å². The monoisotopic (exact) mass is 324 g/mol. The Morgan fingerprint density at radius 3 is 2.45 bits per heavy atom. The molecule has 2 N–H and O–H groups in total. The van der Waals surface area contributed by atoms with E-state index in [1.54, 1.807) is 24.3 Å². The Balaban J connectivity index is 1.90. The number of aliphatic hydroxyl groups excluding tert-OH is 1. The van der Waals surface area contributed by atoms with Gasteiger partial charge in [-0.3, -0.25) is 9.69 Å². The van der Waals surface area contributed by atoms with Crippen molar-refractivity contribution in [2.24, 2.45) is 5.41 Å². The van der Waals surface area contributed by atoms with Gasteiger partial charge in [0.05, 0.1) is 6.04 Å². The topological polar surface area (TPSA) is 52.6 Å². The summed E-state index contributed by atoms with van der Waals surface area (Å²) >= 11 is 5.85. The first-order chi connectivity index (χ1) is 10.5. The number of aliphatic hydroxyl groups is 1. The second kappa shape index (κ2) is 7.44. The summed E-state index contributed by atoms with van der Waals surface area (Å²) in [5.41, 5.74) is 0.805. The van der Waals surface area contributed by atoms with Crippen LogP contribution in [-0.2, 0) is 4.79 Å². The lowest BCUT2D eigenvalue weighted by Gasteiger charge is -2.42. The molecule has 1 saturated heterocycles. The van der Waals surface area contributed by atoms with Gasteiger partial charge in [-0.05, 0) is 69.0 Å². The molecule has 1 amide bonds. The number of anilines is 1. The average Bonchev–Trinajstić information content (AvgIpc) is 2.56. The number of hydrogen-bond donors (Lipinski definition) is 2. The van der Waals surface area contributed by atoms with E-state index in [0.29, 0.717) is 5.02 Å². The summed E-state index contributed by atoms with van der Waals surface area (Å²) in [5, 5.41) is 13.2. The van der Waals surface area contributed by atoms with E-state index in [2.05, 4.69) is 17.1 Å². The van der Waals surface area contributed by atoms with Crippen LogP contribution >= 0.6 is 11.6 Å². The molecule has 0 aromatic heterocycles. The van der Waals surface area contributed by atoms with E-state index in [0.717, 1.165) is 38.0 Å². The molecular formula is C17H25ClN2O2. The Kier molecular flexibility index (Phi) is 5.84. The summed E-state index contributed by atoms with van der Waals surface area (Å²) in [6, 6.07) is 6.96. The number of halogens is 1. The van der Waals surface area contributed by atoms with Crippen LogP contribution in [0.3, 0.4) is 0 Å². The Bertz CT molecular complexity index is 490. The van der Waals surface area contributed by atoms with Crippen molar-refractivity contribution in [2.45, 2.75) is 39.2 Å². The summed E-state index contributed by atoms with van der Waals surface area (Å²) in [6.07, 6.45) is 2.87. The highest BCUT2D eigenvalue weighted by Crippen LogP contribution is 2.34. The van der Waals surface area contributed by atoms with Crippen LogP contribution in [0.25, 0.3) is 0 Å². The van der Waals surface area contributed by atoms with Crippen LogP contribution < -0.4 is 5.32 Å². The Morgan fingerprint density at radius 1 is 1.36 bits per heavy atom. The lowest BCUT2D eigenvalue weighted by atomic mass is 9.76. The zero-order valence-electron chi connectivity index (χ0n) is 13.3. The standard InChI is InChI=1S/C17H25ClN2O2/c1-3-17(12-21)8-10-20(11-9-17)13(2)16(22)19-15-6-4-14(18)5-7-15/h4-7,13,21H,3,8-12H2,1-2H3,(H,19,22). The fourth-order valence-corrected chi connectivity index (χ4v) is 3.08. The van der Waals surface area contributed by atoms with Crippen molar-refractivity contribution < 1.29 is 9.90 Å². The first kappa shape index (κ1) is 17.3. The molecule has 0 radical (unpaired) electrons. The number of piperidine rings is 1. The molecular weight excluding hydrogens is 300 g/mol. The Labute approximate surface area is 137 Å². The lowest BCUT2D eigenvalue weighted by molar-refractivity contribution is -0.121. The molecule has 1 fully saturated rings. The molecule has 122 valence electrons. The predicted octanol–water partition coefficient (Wildman–Crippen LogP) is 3.15. The fourth-order valence-electron chi connectivity index (χ4n) is 2.95. The molecule has 0 saturated carbocycles. The third kappa shape index (κ3) is 4.00. The van der Waals surface area contributed by atoms with E-state index < -0.39 is 0 Å². The minimum atomic E-state index is -0.177. The number of nitrogens with one attached hydrogen (secondary N) is 1. The maximum Gasteiger partial charge on any atom is 0.241 e. The highest BCUT2D eigenvalue weighted by molar-refractivity contribution is 6.30. The summed E-state index contributed by atoms with van der Waals surface area (Å²) in [7, 11) is 0. The number of rotatable bonds is 5. The summed E-state index contributed by atoms with van der Waals surface area (Å²) in [6.45, 7) is 6.00. The van der Waals surface area contributed by atoms with Crippen molar-refractivity contribution in [3.8, 4) is 0 Å². The highest BCUT2D eigenvalue weighted by Gasteiger charge is 2.35. The molecule has 0 bridgehead atoms. The van der Waals surface area contributed by atoms with Gasteiger partial charge in [0.15, 0.2) is 0 Å². The third-order valence-electron chi connectivity index (χ3n) is 4.98. The molecule has 1 aromatic rings. The minimum Gasteiger partial charge on any atom is -0.396 e. The maximum atomic E-state index is 12.4. The zero-order valence-corrected chi connectivity index (χ0v) is 14.1. The van der Waals surface area contributed by atoms with Crippen LogP contribution in [0.5, 0.6) is 0 Å². The van der Waals surface area contributed by atoms with Crippen LogP contribution in [0, 0.1) is 5.41 Å².